The van der Waals surface area contributed by atoms with Crippen LogP contribution in [0.3, 0.4) is 0 Å². The summed E-state index contributed by atoms with van der Waals surface area (Å²) in [6, 6.07) is 40.3. The zero-order chi connectivity index (χ0) is 44.5. The van der Waals surface area contributed by atoms with E-state index < -0.39 is 13.7 Å². The topological polar surface area (TPSA) is 71.1 Å². The van der Waals surface area contributed by atoms with Gasteiger partial charge in [-0.2, -0.15) is 0 Å². The van der Waals surface area contributed by atoms with Crippen molar-refractivity contribution in [1.82, 2.24) is 0 Å². The van der Waals surface area contributed by atoms with E-state index in [1.165, 1.54) is 23.2 Å². The Morgan fingerprint density at radius 3 is 1.42 bits per heavy atom. The van der Waals surface area contributed by atoms with Crippen LogP contribution in [0.4, 0.5) is 0 Å². The molecule has 13 rings (SSSR count). The van der Waals surface area contributed by atoms with Crippen molar-refractivity contribution < 1.29 is 28.2 Å². The first-order valence-corrected chi connectivity index (χ1v) is 27.0. The summed E-state index contributed by atoms with van der Waals surface area (Å²) in [4.78, 5) is 32.2. The van der Waals surface area contributed by atoms with Crippen molar-refractivity contribution in [1.29, 1.82) is 0 Å². The Morgan fingerprint density at radius 1 is 0.569 bits per heavy atom. The number of carbonyl (C=O) groups is 2. The van der Waals surface area contributed by atoms with Gasteiger partial charge in [0.2, 0.25) is 0 Å². The predicted octanol–water partition coefficient (Wildman–Crippen LogP) is 11.7. The van der Waals surface area contributed by atoms with Crippen LogP contribution in [0.2, 0.25) is 5.04 Å². The lowest BCUT2D eigenvalue weighted by atomic mass is 9.55. The maximum Gasteiger partial charge on any atom is 0.324 e. The van der Waals surface area contributed by atoms with E-state index in [0.717, 1.165) is 103 Å². The average molecular weight is 889 g/mol. The molecule has 340 valence electrons. The van der Waals surface area contributed by atoms with Gasteiger partial charge in [0.1, 0.15) is 18.0 Å². The maximum atomic E-state index is 16.1. The van der Waals surface area contributed by atoms with Gasteiger partial charge in [-0.1, -0.05) is 124 Å². The van der Waals surface area contributed by atoms with Gasteiger partial charge in [0, 0.05) is 12.8 Å². The van der Waals surface area contributed by atoms with Gasteiger partial charge in [0.15, 0.2) is 5.41 Å². The van der Waals surface area contributed by atoms with Gasteiger partial charge in [-0.05, 0) is 168 Å². The molecule has 8 bridgehead atoms. The number of ether oxygens (including phenoxy) is 3. The Labute approximate surface area is 388 Å². The quantitative estimate of drug-likeness (QED) is 0.0849. The molecule has 9 aliphatic rings. The van der Waals surface area contributed by atoms with E-state index in [2.05, 4.69) is 118 Å². The molecule has 0 aromatic heterocycles. The van der Waals surface area contributed by atoms with Crippen molar-refractivity contribution in [3.8, 4) is 5.75 Å². The number of carbonyl (C=O) groups excluding carboxylic acids is 2. The smallest absolute Gasteiger partial charge is 0.324 e. The third-order valence-corrected chi connectivity index (χ3v) is 22.8. The molecule has 0 aliphatic heterocycles. The summed E-state index contributed by atoms with van der Waals surface area (Å²) in [6.45, 7) is 6.94. The molecule has 0 heterocycles. The second-order valence-corrected chi connectivity index (χ2v) is 27.0. The number of rotatable bonds is 11. The highest BCUT2D eigenvalue weighted by molar-refractivity contribution is 6.99. The molecule has 4 aromatic rings. The number of hydrogen-bond acceptors (Lipinski definition) is 6. The van der Waals surface area contributed by atoms with Gasteiger partial charge in [-0.25, -0.2) is 0 Å². The van der Waals surface area contributed by atoms with Crippen molar-refractivity contribution >= 4 is 36.2 Å². The lowest BCUT2D eigenvalue weighted by Crippen LogP contribution is -2.66. The van der Waals surface area contributed by atoms with E-state index in [-0.39, 0.29) is 47.9 Å². The Kier molecular flexibility index (Phi) is 11.2. The van der Waals surface area contributed by atoms with Crippen LogP contribution in [0.25, 0.3) is 5.57 Å². The van der Waals surface area contributed by atoms with Gasteiger partial charge in [0.25, 0.3) is 0 Å². The SMILES string of the molecule is COc1ccc(C2CC(O[Si](c3ccccc3)(c3ccccc3)C(C)(C)C)=C(c3ccccc3)CC(C(=O)OC3C4CC5CC(C4)CC3C5)(C(=O)OC3C4CC5CC(C4)CC3C5)C2)cc1. The second kappa shape index (κ2) is 16.9. The highest BCUT2D eigenvalue weighted by Gasteiger charge is 2.60. The van der Waals surface area contributed by atoms with Gasteiger partial charge in [-0.15, -0.1) is 0 Å². The molecule has 6 nitrogen and oxygen atoms in total. The standard InChI is InChI=1S/C58H68O6Si/c1-57(2,3)65(49-16-10-6-11-17-49,50-18-12-7-13-19-50)64-52-34-47(41-20-22-48(61-4)23-21-41)35-58(36-51(52)42-14-8-5-9-15-42,55(59)62-53-43-26-37-24-38(28-43)29-44(53)27-37)56(60)63-54-45-30-39-25-40(32-45)33-46(54)31-39/h5-23,37-40,43-47,53-54H,24-36H2,1-4H3. The van der Waals surface area contributed by atoms with E-state index in [9.17, 15) is 0 Å². The average Bonchev–Trinajstić information content (AvgIpc) is 3.48. The predicted molar refractivity (Wildman–Crippen MR) is 258 cm³/mol. The van der Waals surface area contributed by atoms with E-state index >= 15 is 9.59 Å². The molecular weight excluding hydrogens is 821 g/mol. The van der Waals surface area contributed by atoms with Crippen molar-refractivity contribution in [2.24, 2.45) is 52.8 Å². The molecule has 0 saturated heterocycles. The summed E-state index contributed by atoms with van der Waals surface area (Å²) in [5, 5.41) is 2.04. The number of benzene rings is 4. The van der Waals surface area contributed by atoms with Crippen molar-refractivity contribution in [3.05, 3.63) is 132 Å². The van der Waals surface area contributed by atoms with Crippen LogP contribution in [-0.4, -0.2) is 39.6 Å². The lowest BCUT2D eigenvalue weighted by Gasteiger charge is -2.54. The summed E-state index contributed by atoms with van der Waals surface area (Å²) >= 11 is 0. The first kappa shape index (κ1) is 43.0. The van der Waals surface area contributed by atoms with Crippen molar-refractivity contribution in [3.63, 3.8) is 0 Å². The molecule has 7 heteroatoms. The van der Waals surface area contributed by atoms with Crippen molar-refractivity contribution in [2.75, 3.05) is 7.11 Å². The minimum Gasteiger partial charge on any atom is -0.537 e. The monoisotopic (exact) mass is 888 g/mol. The van der Waals surface area contributed by atoms with Crippen LogP contribution >= 0.6 is 0 Å². The van der Waals surface area contributed by atoms with Gasteiger partial charge >= 0.3 is 20.3 Å². The molecule has 0 N–H and O–H groups in total. The summed E-state index contributed by atoms with van der Waals surface area (Å²) in [7, 11) is -1.51. The van der Waals surface area contributed by atoms with Crippen molar-refractivity contribution in [2.45, 2.75) is 127 Å². The highest BCUT2D eigenvalue weighted by Crippen LogP contribution is 2.58. The van der Waals surface area contributed by atoms with Crippen LogP contribution in [-0.2, 0) is 23.5 Å². The molecule has 0 spiro atoms. The third-order valence-electron chi connectivity index (χ3n) is 17.8. The van der Waals surface area contributed by atoms with Gasteiger partial charge < -0.3 is 18.6 Å². The van der Waals surface area contributed by atoms with Crippen LogP contribution in [0.15, 0.2) is 121 Å². The van der Waals surface area contributed by atoms with E-state index in [4.69, 9.17) is 18.6 Å². The van der Waals surface area contributed by atoms with Gasteiger partial charge in [0.05, 0.1) is 12.9 Å². The summed E-state index contributed by atoms with van der Waals surface area (Å²) in [5.74, 6) is 4.91. The summed E-state index contributed by atoms with van der Waals surface area (Å²) in [5.41, 5.74) is 1.30. The molecule has 8 saturated carbocycles. The van der Waals surface area contributed by atoms with Crippen LogP contribution in [0, 0.1) is 52.8 Å². The number of allylic oxidation sites excluding steroid dienone is 2. The van der Waals surface area contributed by atoms with E-state index in [0.29, 0.717) is 30.1 Å². The maximum absolute atomic E-state index is 16.1. The molecule has 4 aromatic carbocycles. The van der Waals surface area contributed by atoms with Crippen LogP contribution in [0.1, 0.15) is 121 Å². The fourth-order valence-electron chi connectivity index (χ4n) is 15.3. The molecule has 9 aliphatic carbocycles. The Bertz CT molecular complexity index is 2230. The first-order chi connectivity index (χ1) is 31.5. The largest absolute Gasteiger partial charge is 0.537 e. The van der Waals surface area contributed by atoms with E-state index in [1.807, 2.05) is 18.2 Å². The Morgan fingerprint density at radius 2 is 1.00 bits per heavy atom. The molecule has 8 fully saturated rings. The normalized spacial score (nSPS) is 33.6. The fourth-order valence-corrected chi connectivity index (χ4v) is 19.8. The third kappa shape index (κ3) is 7.70. The summed E-state index contributed by atoms with van der Waals surface area (Å²) < 4.78 is 28.0. The summed E-state index contributed by atoms with van der Waals surface area (Å²) in [6.07, 6.45) is 12.2. The number of methoxy groups -OCH3 is 1. The molecule has 1 atom stereocenters. The zero-order valence-corrected chi connectivity index (χ0v) is 40.0. The minimum absolute atomic E-state index is 0.148. The number of esters is 2. The zero-order valence-electron chi connectivity index (χ0n) is 39.0. The fraction of sp³-hybridized carbons (Fsp3) is 0.517. The first-order valence-electron chi connectivity index (χ1n) is 25.1. The highest BCUT2D eigenvalue weighted by atomic mass is 28.4. The van der Waals surface area contributed by atoms with Crippen LogP contribution < -0.4 is 15.1 Å². The van der Waals surface area contributed by atoms with Gasteiger partial charge in [-0.3, -0.25) is 9.59 Å². The second-order valence-electron chi connectivity index (χ2n) is 22.8. The molecule has 0 amide bonds. The molecule has 65 heavy (non-hydrogen) atoms. The molecular formula is C58H68O6Si. The molecule has 1 unspecified atom stereocenters. The lowest BCUT2D eigenvalue weighted by molar-refractivity contribution is -0.199. The molecule has 0 radical (unpaired) electrons. The minimum atomic E-state index is -3.20. The Hall–Kier alpha value is -4.62. The Balaban J connectivity index is 1.10. The number of hydrogen-bond donors (Lipinski definition) is 0. The van der Waals surface area contributed by atoms with E-state index in [1.54, 1.807) is 7.11 Å². The van der Waals surface area contributed by atoms with Crippen LogP contribution in [0.5, 0.6) is 5.75 Å².